The first-order chi connectivity index (χ1) is 10.1. The summed E-state index contributed by atoms with van der Waals surface area (Å²) < 4.78 is 0. The molecule has 1 amide bonds. The molecule has 0 saturated carbocycles. The van der Waals surface area contributed by atoms with E-state index in [9.17, 15) is 4.79 Å². The minimum Gasteiger partial charge on any atom is -0.324 e. The molecule has 4 N–H and O–H groups in total. The number of nitrogens with two attached hydrogens (primary N) is 1. The van der Waals surface area contributed by atoms with Crippen LogP contribution in [0.15, 0.2) is 42.7 Å². The number of halogens is 2. The number of carbonyl (C=O) groups is 1. The van der Waals surface area contributed by atoms with Gasteiger partial charge < -0.3 is 11.1 Å². The highest BCUT2D eigenvalue weighted by Gasteiger charge is 2.10. The van der Waals surface area contributed by atoms with Crippen molar-refractivity contribution < 1.29 is 4.79 Å². The summed E-state index contributed by atoms with van der Waals surface area (Å²) in [6, 6.07) is 8.95. The molecule has 2 heterocycles. The Morgan fingerprint density at radius 3 is 2.57 bits per heavy atom. The molecular formula is C15H17Cl2N5O. The lowest BCUT2D eigenvalue weighted by atomic mass is 10.1. The highest BCUT2D eigenvalue weighted by molar-refractivity contribution is 6.08. The van der Waals surface area contributed by atoms with Crippen molar-refractivity contribution >= 4 is 47.4 Å². The van der Waals surface area contributed by atoms with E-state index >= 15 is 0 Å². The fraction of sp³-hybridized carbons (Fsp3) is 0.133. The number of pyridine rings is 1. The van der Waals surface area contributed by atoms with Crippen LogP contribution in [0.5, 0.6) is 0 Å². The van der Waals surface area contributed by atoms with Crippen LogP contribution in [-0.4, -0.2) is 21.1 Å². The number of anilines is 1. The lowest BCUT2D eigenvalue weighted by Gasteiger charge is -2.08. The predicted octanol–water partition coefficient (Wildman–Crippen LogP) is 3.07. The summed E-state index contributed by atoms with van der Waals surface area (Å²) in [5, 5.41) is 10.3. The standard InChI is InChI=1S/C15H15N5O.2ClH/c1-9(16)10-2-4-11(5-3-10)15(21)19-13-6-7-17-14-12(13)8-18-20-14;;/h2-9H,16H2,1H3,(H2,17,18,19,20,21);2*1H. The third kappa shape index (κ3) is 3.98. The number of nitrogens with zero attached hydrogens (tertiary/aromatic N) is 2. The lowest BCUT2D eigenvalue weighted by molar-refractivity contribution is 0.102. The Balaban J connectivity index is 0.00000132. The Morgan fingerprint density at radius 1 is 1.22 bits per heavy atom. The highest BCUT2D eigenvalue weighted by Crippen LogP contribution is 2.20. The molecule has 0 radical (unpaired) electrons. The molecule has 1 unspecified atom stereocenters. The molecule has 0 aliphatic carbocycles. The van der Waals surface area contributed by atoms with Gasteiger partial charge in [-0.2, -0.15) is 5.10 Å². The molecular weight excluding hydrogens is 337 g/mol. The molecule has 8 heteroatoms. The summed E-state index contributed by atoms with van der Waals surface area (Å²) >= 11 is 0. The van der Waals surface area contributed by atoms with Gasteiger partial charge in [-0.15, -0.1) is 24.8 Å². The van der Waals surface area contributed by atoms with E-state index < -0.39 is 0 Å². The molecule has 0 aliphatic rings. The van der Waals surface area contributed by atoms with Gasteiger partial charge in [-0.1, -0.05) is 12.1 Å². The van der Waals surface area contributed by atoms with Crippen molar-refractivity contribution in [1.82, 2.24) is 15.2 Å². The number of fused-ring (bicyclic) bond motifs is 1. The Hall–Kier alpha value is -2.15. The summed E-state index contributed by atoms with van der Waals surface area (Å²) in [6.07, 6.45) is 3.26. The summed E-state index contributed by atoms with van der Waals surface area (Å²) in [5.74, 6) is -0.181. The second-order valence-corrected chi connectivity index (χ2v) is 4.86. The van der Waals surface area contributed by atoms with Crippen molar-refractivity contribution in [2.75, 3.05) is 5.32 Å². The van der Waals surface area contributed by atoms with E-state index in [0.717, 1.165) is 10.9 Å². The van der Waals surface area contributed by atoms with Gasteiger partial charge in [-0.3, -0.25) is 9.89 Å². The smallest absolute Gasteiger partial charge is 0.255 e. The maximum absolute atomic E-state index is 12.3. The van der Waals surface area contributed by atoms with E-state index in [0.29, 0.717) is 16.9 Å². The number of aromatic amines is 1. The van der Waals surface area contributed by atoms with Crippen LogP contribution in [0.25, 0.3) is 11.0 Å². The summed E-state index contributed by atoms with van der Waals surface area (Å²) in [7, 11) is 0. The predicted molar refractivity (Wildman–Crippen MR) is 95.4 cm³/mol. The van der Waals surface area contributed by atoms with Crippen LogP contribution in [0.4, 0.5) is 5.69 Å². The highest BCUT2D eigenvalue weighted by atomic mass is 35.5. The van der Waals surface area contributed by atoms with Crippen molar-refractivity contribution in [1.29, 1.82) is 0 Å². The Morgan fingerprint density at radius 2 is 1.91 bits per heavy atom. The molecule has 3 rings (SSSR count). The zero-order valence-corrected chi connectivity index (χ0v) is 13.9. The third-order valence-electron chi connectivity index (χ3n) is 3.30. The minimum absolute atomic E-state index is 0. The van der Waals surface area contributed by atoms with Gasteiger partial charge in [0.15, 0.2) is 5.65 Å². The number of nitrogens with one attached hydrogen (secondary N) is 2. The fourth-order valence-electron chi connectivity index (χ4n) is 2.09. The quantitative estimate of drug-likeness (QED) is 0.673. The molecule has 1 atom stereocenters. The Kier molecular flexibility index (Phi) is 6.50. The van der Waals surface area contributed by atoms with Crippen LogP contribution >= 0.6 is 24.8 Å². The third-order valence-corrected chi connectivity index (χ3v) is 3.30. The van der Waals surface area contributed by atoms with Gasteiger partial charge in [0.25, 0.3) is 5.91 Å². The SMILES string of the molecule is CC(N)c1ccc(C(=O)Nc2ccnc3[nH]ncc23)cc1.Cl.Cl. The number of H-pyrrole nitrogens is 1. The molecule has 1 aromatic carbocycles. The number of carbonyl (C=O) groups excluding carboxylic acids is 1. The zero-order chi connectivity index (χ0) is 14.8. The second-order valence-electron chi connectivity index (χ2n) is 4.86. The van der Waals surface area contributed by atoms with Gasteiger partial charge >= 0.3 is 0 Å². The molecule has 122 valence electrons. The minimum atomic E-state index is -0.181. The molecule has 6 nitrogen and oxygen atoms in total. The first-order valence-electron chi connectivity index (χ1n) is 6.60. The van der Waals surface area contributed by atoms with E-state index in [1.165, 1.54) is 0 Å². The first-order valence-corrected chi connectivity index (χ1v) is 6.60. The maximum Gasteiger partial charge on any atom is 0.255 e. The van der Waals surface area contributed by atoms with Gasteiger partial charge in [0.1, 0.15) is 0 Å². The number of rotatable bonds is 3. The number of benzene rings is 1. The van der Waals surface area contributed by atoms with Crippen molar-refractivity contribution in [3.8, 4) is 0 Å². The van der Waals surface area contributed by atoms with Crippen LogP contribution < -0.4 is 11.1 Å². The summed E-state index contributed by atoms with van der Waals surface area (Å²) in [4.78, 5) is 16.4. The maximum atomic E-state index is 12.3. The zero-order valence-electron chi connectivity index (χ0n) is 12.3. The monoisotopic (exact) mass is 353 g/mol. The number of amides is 1. The second kappa shape index (κ2) is 7.92. The number of hydrogen-bond donors (Lipinski definition) is 3. The van der Waals surface area contributed by atoms with Gasteiger partial charge in [-0.25, -0.2) is 4.98 Å². The average Bonchev–Trinajstić information content (AvgIpc) is 2.97. The summed E-state index contributed by atoms with van der Waals surface area (Å²) in [6.45, 7) is 1.90. The molecule has 0 aliphatic heterocycles. The number of aromatic nitrogens is 3. The molecule has 0 spiro atoms. The van der Waals surface area contributed by atoms with E-state index in [-0.39, 0.29) is 36.8 Å². The summed E-state index contributed by atoms with van der Waals surface area (Å²) in [5.41, 5.74) is 8.68. The molecule has 23 heavy (non-hydrogen) atoms. The van der Waals surface area contributed by atoms with Gasteiger partial charge in [0.05, 0.1) is 17.3 Å². The van der Waals surface area contributed by atoms with Crippen LogP contribution in [0.3, 0.4) is 0 Å². The average molecular weight is 354 g/mol. The van der Waals surface area contributed by atoms with Crippen LogP contribution in [-0.2, 0) is 0 Å². The Bertz CT molecular complexity index is 786. The van der Waals surface area contributed by atoms with E-state index in [1.54, 1.807) is 30.6 Å². The van der Waals surface area contributed by atoms with E-state index in [2.05, 4.69) is 20.5 Å². The van der Waals surface area contributed by atoms with Gasteiger partial charge in [0.2, 0.25) is 0 Å². The van der Waals surface area contributed by atoms with Crippen LogP contribution in [0, 0.1) is 0 Å². The van der Waals surface area contributed by atoms with Gasteiger partial charge in [0, 0.05) is 17.8 Å². The van der Waals surface area contributed by atoms with E-state index in [1.807, 2.05) is 19.1 Å². The molecule has 0 bridgehead atoms. The molecule has 3 aromatic rings. The van der Waals surface area contributed by atoms with Crippen molar-refractivity contribution in [2.24, 2.45) is 5.73 Å². The van der Waals surface area contributed by atoms with Gasteiger partial charge in [-0.05, 0) is 30.7 Å². The van der Waals surface area contributed by atoms with Crippen molar-refractivity contribution in [2.45, 2.75) is 13.0 Å². The Labute approximate surface area is 145 Å². The van der Waals surface area contributed by atoms with Crippen molar-refractivity contribution in [3.63, 3.8) is 0 Å². The molecule has 0 saturated heterocycles. The molecule has 0 fully saturated rings. The number of hydrogen-bond acceptors (Lipinski definition) is 4. The van der Waals surface area contributed by atoms with Crippen LogP contribution in [0.2, 0.25) is 0 Å². The first kappa shape index (κ1) is 18.9. The lowest BCUT2D eigenvalue weighted by Crippen LogP contribution is -2.12. The van der Waals surface area contributed by atoms with Crippen LogP contribution in [0.1, 0.15) is 28.9 Å². The fourth-order valence-corrected chi connectivity index (χ4v) is 2.09. The molecule has 2 aromatic heterocycles. The van der Waals surface area contributed by atoms with Crippen molar-refractivity contribution in [3.05, 3.63) is 53.9 Å². The topological polar surface area (TPSA) is 96.7 Å². The largest absolute Gasteiger partial charge is 0.324 e. The normalized spacial score (nSPS) is 11.2. The van der Waals surface area contributed by atoms with E-state index in [4.69, 9.17) is 5.73 Å².